The van der Waals surface area contributed by atoms with Gasteiger partial charge >= 0.3 is 6.16 Å². The molecule has 0 aliphatic heterocycles. The van der Waals surface area contributed by atoms with Gasteiger partial charge in [0, 0.05) is 7.11 Å². The molecule has 0 bridgehead atoms. The number of ether oxygens (including phenoxy) is 3. The minimum Gasteiger partial charge on any atom is -0.429 e. The van der Waals surface area contributed by atoms with Gasteiger partial charge in [-0.3, -0.25) is 0 Å². The van der Waals surface area contributed by atoms with Crippen LogP contribution in [0.3, 0.4) is 0 Å². The number of carbonyl (C=O) groups excluding carboxylic acids is 1. The van der Waals surface area contributed by atoms with Gasteiger partial charge in [0.15, 0.2) is 0 Å². The number of nitrogens with zero attached hydrogens (tertiary/aromatic N) is 1. The van der Waals surface area contributed by atoms with E-state index < -0.39 is 23.4 Å². The number of carbonyl (C=O) groups is 1. The fourth-order valence-electron chi connectivity index (χ4n) is 3.17. The minimum absolute atomic E-state index is 0.113. The molecule has 22 heavy (non-hydrogen) atoms. The Kier molecular flexibility index (Phi) is 6.23. The predicted molar refractivity (Wildman–Crippen MR) is 74.7 cm³/mol. The normalized spacial score (nSPS) is 32.0. The summed E-state index contributed by atoms with van der Waals surface area (Å²) in [4.78, 5) is 27.0. The van der Waals surface area contributed by atoms with E-state index in [1.165, 1.54) is 0 Å². The van der Waals surface area contributed by atoms with Crippen LogP contribution in [-0.2, 0) is 19.0 Å². The highest BCUT2D eigenvalue weighted by Crippen LogP contribution is 2.27. The van der Waals surface area contributed by atoms with E-state index in [2.05, 4.69) is 4.84 Å². The molecule has 0 amide bonds. The van der Waals surface area contributed by atoms with Crippen LogP contribution < -0.4 is 0 Å². The van der Waals surface area contributed by atoms with E-state index in [-0.39, 0.29) is 12.2 Å². The lowest BCUT2D eigenvalue weighted by molar-refractivity contribution is -0.771. The lowest BCUT2D eigenvalue weighted by Gasteiger charge is -2.32. The zero-order valence-electron chi connectivity index (χ0n) is 12.8. The van der Waals surface area contributed by atoms with Crippen LogP contribution in [0.15, 0.2) is 0 Å². The maximum absolute atomic E-state index is 11.9. The van der Waals surface area contributed by atoms with Gasteiger partial charge in [-0.1, -0.05) is 12.8 Å². The molecule has 0 aromatic rings. The van der Waals surface area contributed by atoms with E-state index >= 15 is 0 Å². The first-order chi connectivity index (χ1) is 10.6. The van der Waals surface area contributed by atoms with Crippen LogP contribution >= 0.6 is 0 Å². The second-order valence-corrected chi connectivity index (χ2v) is 5.77. The first kappa shape index (κ1) is 16.8. The van der Waals surface area contributed by atoms with Gasteiger partial charge in [-0.25, -0.2) is 4.79 Å². The van der Waals surface area contributed by atoms with E-state index in [1.807, 2.05) is 0 Å². The van der Waals surface area contributed by atoms with Crippen molar-refractivity contribution in [2.45, 2.75) is 75.8 Å². The molecule has 8 heteroatoms. The molecule has 2 saturated carbocycles. The summed E-state index contributed by atoms with van der Waals surface area (Å²) in [5, 5.41) is 9.66. The zero-order valence-corrected chi connectivity index (χ0v) is 12.8. The van der Waals surface area contributed by atoms with Gasteiger partial charge in [-0.2, -0.15) is 0 Å². The minimum atomic E-state index is -0.834. The summed E-state index contributed by atoms with van der Waals surface area (Å²) in [6.07, 6.45) is 3.79. The summed E-state index contributed by atoms with van der Waals surface area (Å²) >= 11 is 0. The molecular formula is C14H23NO7. The van der Waals surface area contributed by atoms with E-state index in [9.17, 15) is 14.9 Å². The zero-order chi connectivity index (χ0) is 15.9. The standard InChI is InChI=1S/C14H23NO7/c1-19-10-6-2-3-7-11(10)20-14(16)21-12-8-4-5-9-13(12)22-15(17)18/h10-13H,2-9H2,1H3. The second-order valence-electron chi connectivity index (χ2n) is 5.77. The average molecular weight is 317 g/mol. The number of hydrogen-bond acceptors (Lipinski definition) is 7. The topological polar surface area (TPSA) is 97.1 Å². The Morgan fingerprint density at radius 1 is 0.909 bits per heavy atom. The summed E-state index contributed by atoms with van der Waals surface area (Å²) < 4.78 is 15.9. The highest BCUT2D eigenvalue weighted by Gasteiger charge is 2.34. The van der Waals surface area contributed by atoms with Crippen molar-refractivity contribution < 1.29 is 28.9 Å². The molecule has 126 valence electrons. The smallest absolute Gasteiger partial charge is 0.429 e. The molecule has 0 heterocycles. The molecule has 0 spiro atoms. The van der Waals surface area contributed by atoms with Crippen molar-refractivity contribution in [3.05, 3.63) is 10.1 Å². The van der Waals surface area contributed by atoms with Crippen LogP contribution in [0, 0.1) is 10.1 Å². The van der Waals surface area contributed by atoms with Gasteiger partial charge in [-0.15, -0.1) is 10.1 Å². The van der Waals surface area contributed by atoms with Crippen LogP contribution in [0.2, 0.25) is 0 Å². The molecule has 2 aliphatic rings. The third-order valence-corrected chi connectivity index (χ3v) is 4.30. The molecule has 0 radical (unpaired) electrons. The fraction of sp³-hybridized carbons (Fsp3) is 0.929. The van der Waals surface area contributed by atoms with Gasteiger partial charge in [0.05, 0.1) is 6.10 Å². The molecule has 2 aliphatic carbocycles. The van der Waals surface area contributed by atoms with Crippen LogP contribution in [-0.4, -0.2) is 42.8 Å². The molecule has 0 aromatic carbocycles. The van der Waals surface area contributed by atoms with Gasteiger partial charge in [0.2, 0.25) is 0 Å². The Labute approximate surface area is 129 Å². The largest absolute Gasteiger partial charge is 0.508 e. The highest BCUT2D eigenvalue weighted by molar-refractivity contribution is 5.60. The van der Waals surface area contributed by atoms with Crippen molar-refractivity contribution in [2.75, 3.05) is 7.11 Å². The molecule has 2 rings (SSSR count). The maximum atomic E-state index is 11.9. The molecule has 4 atom stereocenters. The lowest BCUT2D eigenvalue weighted by Crippen LogP contribution is -2.40. The summed E-state index contributed by atoms with van der Waals surface area (Å²) in [5.41, 5.74) is 0. The molecular weight excluding hydrogens is 294 g/mol. The van der Waals surface area contributed by atoms with Gasteiger partial charge in [0.25, 0.3) is 5.09 Å². The molecule has 0 saturated heterocycles. The van der Waals surface area contributed by atoms with E-state index in [0.717, 1.165) is 38.5 Å². The first-order valence-electron chi connectivity index (χ1n) is 7.81. The summed E-state index contributed by atoms with van der Waals surface area (Å²) in [7, 11) is 1.60. The average Bonchev–Trinajstić information content (AvgIpc) is 2.49. The molecule has 0 N–H and O–H groups in total. The van der Waals surface area contributed by atoms with Gasteiger partial charge in [-0.05, 0) is 38.5 Å². The second kappa shape index (κ2) is 8.17. The van der Waals surface area contributed by atoms with E-state index in [0.29, 0.717) is 12.8 Å². The number of rotatable bonds is 5. The Hall–Kier alpha value is -1.57. The Bertz CT molecular complexity index is 389. The first-order valence-corrected chi connectivity index (χ1v) is 7.81. The number of hydrogen-bond donors (Lipinski definition) is 0. The van der Waals surface area contributed by atoms with E-state index in [1.54, 1.807) is 7.11 Å². The SMILES string of the molecule is COC1CCCCC1OC(=O)OC1CCCCC1O[N+](=O)[O-]. The van der Waals surface area contributed by atoms with Gasteiger partial charge in [0.1, 0.15) is 18.3 Å². The third kappa shape index (κ3) is 4.72. The van der Waals surface area contributed by atoms with Crippen LogP contribution in [0.1, 0.15) is 51.4 Å². The Balaban J connectivity index is 1.85. The Morgan fingerprint density at radius 3 is 1.86 bits per heavy atom. The van der Waals surface area contributed by atoms with Crippen molar-refractivity contribution in [2.24, 2.45) is 0 Å². The van der Waals surface area contributed by atoms with Crippen LogP contribution in [0.25, 0.3) is 0 Å². The third-order valence-electron chi connectivity index (χ3n) is 4.30. The Morgan fingerprint density at radius 2 is 1.36 bits per heavy atom. The lowest BCUT2D eigenvalue weighted by atomic mass is 9.94. The summed E-state index contributed by atoms with van der Waals surface area (Å²) in [5.74, 6) is 0. The van der Waals surface area contributed by atoms with Gasteiger partial charge < -0.3 is 19.0 Å². The number of methoxy groups -OCH3 is 1. The van der Waals surface area contributed by atoms with Crippen LogP contribution in [0.4, 0.5) is 4.79 Å². The van der Waals surface area contributed by atoms with E-state index in [4.69, 9.17) is 14.2 Å². The van der Waals surface area contributed by atoms with Crippen molar-refractivity contribution >= 4 is 6.16 Å². The summed E-state index contributed by atoms with van der Waals surface area (Å²) in [6, 6.07) is 0. The van der Waals surface area contributed by atoms with Crippen molar-refractivity contribution in [3.8, 4) is 0 Å². The summed E-state index contributed by atoms with van der Waals surface area (Å²) in [6.45, 7) is 0. The predicted octanol–water partition coefficient (Wildman–Crippen LogP) is 2.62. The molecule has 0 aromatic heterocycles. The van der Waals surface area contributed by atoms with Crippen molar-refractivity contribution in [3.63, 3.8) is 0 Å². The fourth-order valence-corrected chi connectivity index (χ4v) is 3.17. The van der Waals surface area contributed by atoms with Crippen molar-refractivity contribution in [1.29, 1.82) is 0 Å². The monoisotopic (exact) mass is 317 g/mol. The van der Waals surface area contributed by atoms with Crippen molar-refractivity contribution in [1.82, 2.24) is 0 Å². The highest BCUT2D eigenvalue weighted by atomic mass is 17.0. The quantitative estimate of drug-likeness (QED) is 0.436. The molecule has 8 nitrogen and oxygen atoms in total. The molecule has 4 unspecified atom stereocenters. The van der Waals surface area contributed by atoms with Crippen LogP contribution in [0.5, 0.6) is 0 Å². The molecule has 2 fully saturated rings. The maximum Gasteiger partial charge on any atom is 0.508 e.